The van der Waals surface area contributed by atoms with E-state index in [-0.39, 0.29) is 11.6 Å². The smallest absolute Gasteiger partial charge is 0.323 e. The van der Waals surface area contributed by atoms with Crippen molar-refractivity contribution in [1.29, 1.82) is 0 Å². The number of rotatable bonds is 7. The standard InChI is InChI=1S/C12H23N5O2/c1-8(2)19-11-15-9(13-5)14-10(16-11)17-12(3,4)7-18-6/h8H,7H2,1-6H3,(H2,13,14,15,16,17). The van der Waals surface area contributed by atoms with E-state index in [0.717, 1.165) is 0 Å². The van der Waals surface area contributed by atoms with E-state index in [1.54, 1.807) is 14.2 Å². The molecule has 0 atom stereocenters. The number of anilines is 2. The second-order valence-electron chi connectivity index (χ2n) is 5.12. The lowest BCUT2D eigenvalue weighted by Gasteiger charge is -2.25. The molecule has 0 saturated heterocycles. The summed E-state index contributed by atoms with van der Waals surface area (Å²) in [4.78, 5) is 12.6. The van der Waals surface area contributed by atoms with Gasteiger partial charge in [0.25, 0.3) is 0 Å². The van der Waals surface area contributed by atoms with Crippen LogP contribution < -0.4 is 15.4 Å². The van der Waals surface area contributed by atoms with Crippen LogP contribution in [0.25, 0.3) is 0 Å². The molecule has 19 heavy (non-hydrogen) atoms. The molecule has 1 rings (SSSR count). The van der Waals surface area contributed by atoms with E-state index >= 15 is 0 Å². The van der Waals surface area contributed by atoms with Crippen LogP contribution >= 0.6 is 0 Å². The normalized spacial score (nSPS) is 11.5. The van der Waals surface area contributed by atoms with Gasteiger partial charge in [0.05, 0.1) is 18.2 Å². The zero-order valence-electron chi connectivity index (χ0n) is 12.4. The third-order valence-corrected chi connectivity index (χ3v) is 2.13. The third-order valence-electron chi connectivity index (χ3n) is 2.13. The number of methoxy groups -OCH3 is 1. The average molecular weight is 269 g/mol. The first-order valence-corrected chi connectivity index (χ1v) is 6.24. The minimum absolute atomic E-state index is 0.00643. The van der Waals surface area contributed by atoms with Gasteiger partial charge in [0.15, 0.2) is 0 Å². The van der Waals surface area contributed by atoms with Gasteiger partial charge in [-0.2, -0.15) is 15.0 Å². The Morgan fingerprint density at radius 3 is 2.32 bits per heavy atom. The molecule has 7 heteroatoms. The highest BCUT2D eigenvalue weighted by Crippen LogP contribution is 2.16. The molecule has 0 bridgehead atoms. The lowest BCUT2D eigenvalue weighted by Crippen LogP contribution is -2.36. The van der Waals surface area contributed by atoms with Crippen LogP contribution in [0, 0.1) is 0 Å². The van der Waals surface area contributed by atoms with E-state index < -0.39 is 0 Å². The molecule has 0 amide bonds. The van der Waals surface area contributed by atoms with Crippen LogP contribution in [0.4, 0.5) is 11.9 Å². The Labute approximate surface area is 114 Å². The first-order valence-electron chi connectivity index (χ1n) is 6.24. The number of ether oxygens (including phenoxy) is 2. The van der Waals surface area contributed by atoms with Crippen molar-refractivity contribution in [2.45, 2.75) is 39.3 Å². The Balaban J connectivity index is 2.93. The SMILES string of the molecule is CNc1nc(NC(C)(C)COC)nc(OC(C)C)n1. The Hall–Kier alpha value is -1.63. The largest absolute Gasteiger partial charge is 0.461 e. The molecular formula is C12H23N5O2. The fourth-order valence-corrected chi connectivity index (χ4v) is 1.49. The van der Waals surface area contributed by atoms with Crippen molar-refractivity contribution >= 4 is 11.9 Å². The predicted octanol–water partition coefficient (Wildman–Crippen LogP) is 1.54. The summed E-state index contributed by atoms with van der Waals surface area (Å²) < 4.78 is 10.6. The van der Waals surface area contributed by atoms with Gasteiger partial charge in [-0.15, -0.1) is 0 Å². The Morgan fingerprint density at radius 1 is 1.16 bits per heavy atom. The topological polar surface area (TPSA) is 81.2 Å². The first kappa shape index (κ1) is 15.4. The van der Waals surface area contributed by atoms with Gasteiger partial charge in [0.1, 0.15) is 0 Å². The molecule has 0 aromatic carbocycles. The van der Waals surface area contributed by atoms with Gasteiger partial charge in [0, 0.05) is 14.2 Å². The van der Waals surface area contributed by atoms with Crippen LogP contribution in [0.2, 0.25) is 0 Å². The van der Waals surface area contributed by atoms with Gasteiger partial charge in [-0.3, -0.25) is 0 Å². The highest BCUT2D eigenvalue weighted by atomic mass is 16.5. The summed E-state index contributed by atoms with van der Waals surface area (Å²) in [5.41, 5.74) is -0.282. The molecule has 1 aromatic rings. The maximum absolute atomic E-state index is 5.50. The van der Waals surface area contributed by atoms with Gasteiger partial charge in [0.2, 0.25) is 11.9 Å². The van der Waals surface area contributed by atoms with E-state index in [9.17, 15) is 0 Å². The number of hydrogen-bond donors (Lipinski definition) is 2. The molecule has 1 aromatic heterocycles. The van der Waals surface area contributed by atoms with Crippen molar-refractivity contribution in [3.63, 3.8) is 0 Å². The van der Waals surface area contributed by atoms with Crippen LogP contribution in [-0.4, -0.2) is 47.4 Å². The van der Waals surface area contributed by atoms with E-state index in [0.29, 0.717) is 24.5 Å². The maximum atomic E-state index is 5.50. The average Bonchev–Trinajstić information content (AvgIpc) is 2.26. The second kappa shape index (κ2) is 6.51. The summed E-state index contributed by atoms with van der Waals surface area (Å²) in [6, 6.07) is 0.296. The Kier molecular flexibility index (Phi) is 5.29. The first-order chi connectivity index (χ1) is 8.86. The molecule has 7 nitrogen and oxygen atoms in total. The van der Waals surface area contributed by atoms with Gasteiger partial charge >= 0.3 is 6.01 Å². The Bertz CT molecular complexity index is 409. The quantitative estimate of drug-likeness (QED) is 0.777. The van der Waals surface area contributed by atoms with Gasteiger partial charge in [-0.25, -0.2) is 0 Å². The molecule has 0 fully saturated rings. The van der Waals surface area contributed by atoms with Gasteiger partial charge in [-0.05, 0) is 27.7 Å². The minimum Gasteiger partial charge on any atom is -0.461 e. The fraction of sp³-hybridized carbons (Fsp3) is 0.750. The number of nitrogens with one attached hydrogen (secondary N) is 2. The zero-order valence-corrected chi connectivity index (χ0v) is 12.4. The molecular weight excluding hydrogens is 246 g/mol. The van der Waals surface area contributed by atoms with Crippen LogP contribution in [0.15, 0.2) is 0 Å². The van der Waals surface area contributed by atoms with E-state index in [1.165, 1.54) is 0 Å². The summed E-state index contributed by atoms with van der Waals surface area (Å²) in [6.45, 7) is 8.38. The summed E-state index contributed by atoms with van der Waals surface area (Å²) in [7, 11) is 3.40. The highest BCUT2D eigenvalue weighted by molar-refractivity contribution is 5.37. The minimum atomic E-state index is -0.282. The van der Waals surface area contributed by atoms with E-state index in [1.807, 2.05) is 27.7 Å². The predicted molar refractivity (Wildman–Crippen MR) is 74.7 cm³/mol. The molecule has 0 aliphatic rings. The van der Waals surface area contributed by atoms with Crippen molar-refractivity contribution in [3.8, 4) is 6.01 Å². The second-order valence-corrected chi connectivity index (χ2v) is 5.12. The molecule has 108 valence electrons. The summed E-state index contributed by atoms with van der Waals surface area (Å²) in [5.74, 6) is 0.915. The molecule has 0 aliphatic heterocycles. The molecule has 1 heterocycles. The molecule has 0 unspecified atom stereocenters. The third kappa shape index (κ3) is 5.25. The Morgan fingerprint density at radius 2 is 1.79 bits per heavy atom. The molecule has 0 radical (unpaired) electrons. The van der Waals surface area contributed by atoms with Gasteiger partial charge in [-0.1, -0.05) is 0 Å². The summed E-state index contributed by atoms with van der Waals surface area (Å²) in [5, 5.41) is 6.09. The van der Waals surface area contributed by atoms with Crippen molar-refractivity contribution in [2.24, 2.45) is 0 Å². The summed E-state index contributed by atoms with van der Waals surface area (Å²) in [6.07, 6.45) is 0.00643. The molecule has 0 aliphatic carbocycles. The van der Waals surface area contributed by atoms with Crippen LogP contribution in [0.5, 0.6) is 6.01 Å². The van der Waals surface area contributed by atoms with Crippen molar-refractivity contribution in [3.05, 3.63) is 0 Å². The monoisotopic (exact) mass is 269 g/mol. The lowest BCUT2D eigenvalue weighted by molar-refractivity contribution is 0.157. The molecule has 0 spiro atoms. The number of aromatic nitrogens is 3. The highest BCUT2D eigenvalue weighted by Gasteiger charge is 2.20. The van der Waals surface area contributed by atoms with Crippen molar-refractivity contribution < 1.29 is 9.47 Å². The zero-order chi connectivity index (χ0) is 14.5. The van der Waals surface area contributed by atoms with Crippen LogP contribution in [-0.2, 0) is 4.74 Å². The van der Waals surface area contributed by atoms with Crippen molar-refractivity contribution in [2.75, 3.05) is 31.4 Å². The van der Waals surface area contributed by atoms with E-state index in [2.05, 4.69) is 25.6 Å². The number of hydrogen-bond acceptors (Lipinski definition) is 7. The summed E-state index contributed by atoms with van der Waals surface area (Å²) >= 11 is 0. The maximum Gasteiger partial charge on any atom is 0.323 e. The molecule has 2 N–H and O–H groups in total. The molecule has 0 saturated carbocycles. The van der Waals surface area contributed by atoms with Crippen LogP contribution in [0.3, 0.4) is 0 Å². The fourth-order valence-electron chi connectivity index (χ4n) is 1.49. The van der Waals surface area contributed by atoms with Crippen molar-refractivity contribution in [1.82, 2.24) is 15.0 Å². The lowest BCUT2D eigenvalue weighted by atomic mass is 10.1. The van der Waals surface area contributed by atoms with E-state index in [4.69, 9.17) is 9.47 Å². The number of nitrogens with zero attached hydrogens (tertiary/aromatic N) is 3. The van der Waals surface area contributed by atoms with Gasteiger partial charge < -0.3 is 20.1 Å². The van der Waals surface area contributed by atoms with Crippen LogP contribution in [0.1, 0.15) is 27.7 Å².